The van der Waals surface area contributed by atoms with E-state index in [1.807, 2.05) is 34.6 Å². The molecule has 0 fully saturated rings. The second-order valence-electron chi connectivity index (χ2n) is 12.4. The minimum atomic E-state index is -0.869. The van der Waals surface area contributed by atoms with Crippen LogP contribution in [0.1, 0.15) is 66.9 Å². The SMILES string of the molecule is CCC(C)C(C(CC)OC)N(C)C(=O)CNC(=O)C(C(C)C)N(C)C(=O)OCc1ccc(NC(=O)CNC(=O)C(N)C(C)C)cc1. The van der Waals surface area contributed by atoms with E-state index >= 15 is 0 Å². The lowest BCUT2D eigenvalue weighted by molar-refractivity contribution is -0.138. The molecule has 1 aromatic rings. The van der Waals surface area contributed by atoms with Crippen LogP contribution < -0.4 is 21.7 Å². The van der Waals surface area contributed by atoms with E-state index in [0.29, 0.717) is 11.3 Å². The summed E-state index contributed by atoms with van der Waals surface area (Å²) in [5.41, 5.74) is 6.94. The number of nitrogens with one attached hydrogen (secondary N) is 3. The maximum Gasteiger partial charge on any atom is 0.410 e. The van der Waals surface area contributed by atoms with Crippen LogP contribution in [0.15, 0.2) is 24.3 Å². The third-order valence-corrected chi connectivity index (χ3v) is 8.22. The molecule has 0 aliphatic carbocycles. The predicted molar refractivity (Wildman–Crippen MR) is 178 cm³/mol. The maximum absolute atomic E-state index is 13.2. The van der Waals surface area contributed by atoms with Crippen molar-refractivity contribution in [2.24, 2.45) is 23.5 Å². The van der Waals surface area contributed by atoms with Crippen molar-refractivity contribution in [3.8, 4) is 0 Å². The molecule has 0 heterocycles. The van der Waals surface area contributed by atoms with E-state index in [1.54, 1.807) is 43.3 Å². The highest BCUT2D eigenvalue weighted by Gasteiger charge is 2.34. The summed E-state index contributed by atoms with van der Waals surface area (Å²) in [4.78, 5) is 66.2. The Morgan fingerprint density at radius 1 is 0.826 bits per heavy atom. The fourth-order valence-electron chi connectivity index (χ4n) is 5.11. The van der Waals surface area contributed by atoms with Gasteiger partial charge in [-0.2, -0.15) is 0 Å². The number of nitrogens with two attached hydrogens (primary N) is 1. The number of carbonyl (C=O) groups excluding carboxylic acids is 5. The first-order chi connectivity index (χ1) is 21.6. The molecule has 0 aromatic heterocycles. The molecule has 5 unspecified atom stereocenters. The third kappa shape index (κ3) is 12.2. The Morgan fingerprint density at radius 3 is 1.91 bits per heavy atom. The quantitative estimate of drug-likeness (QED) is 0.188. The van der Waals surface area contributed by atoms with E-state index in [9.17, 15) is 24.0 Å². The number of benzene rings is 1. The van der Waals surface area contributed by atoms with Gasteiger partial charge in [0.25, 0.3) is 0 Å². The Kier molecular flexibility index (Phi) is 17.3. The number of methoxy groups -OCH3 is 1. The van der Waals surface area contributed by atoms with Crippen molar-refractivity contribution < 1.29 is 33.4 Å². The predicted octanol–water partition coefficient (Wildman–Crippen LogP) is 2.73. The molecule has 1 rings (SSSR count). The monoisotopic (exact) mass is 648 g/mol. The van der Waals surface area contributed by atoms with E-state index in [2.05, 4.69) is 29.8 Å². The molecular formula is C33H56N6O7. The number of ether oxygens (including phenoxy) is 2. The van der Waals surface area contributed by atoms with Crippen LogP contribution in [-0.2, 0) is 35.3 Å². The second kappa shape index (κ2) is 19.7. The number of carbonyl (C=O) groups is 5. The zero-order valence-corrected chi connectivity index (χ0v) is 29.2. The molecule has 5 N–H and O–H groups in total. The number of likely N-dealkylation sites (N-methyl/N-ethyl adjacent to an activating group) is 2. The summed E-state index contributed by atoms with van der Waals surface area (Å²) in [6.07, 6.45) is 0.779. The van der Waals surface area contributed by atoms with Gasteiger partial charge < -0.3 is 36.1 Å². The minimum absolute atomic E-state index is 0.0521. The fourth-order valence-corrected chi connectivity index (χ4v) is 5.11. The van der Waals surface area contributed by atoms with Crippen molar-refractivity contribution in [2.75, 3.05) is 39.6 Å². The van der Waals surface area contributed by atoms with Gasteiger partial charge in [-0.05, 0) is 41.9 Å². The highest BCUT2D eigenvalue weighted by molar-refractivity contribution is 5.95. The van der Waals surface area contributed by atoms with Gasteiger partial charge >= 0.3 is 6.09 Å². The molecule has 13 nitrogen and oxygen atoms in total. The summed E-state index contributed by atoms with van der Waals surface area (Å²) in [5.74, 6) is -1.63. The molecule has 0 spiro atoms. The van der Waals surface area contributed by atoms with Crippen LogP contribution in [0.5, 0.6) is 0 Å². The van der Waals surface area contributed by atoms with Crippen molar-refractivity contribution in [3.05, 3.63) is 29.8 Å². The first-order valence-corrected chi connectivity index (χ1v) is 16.0. The Hall–Kier alpha value is -3.71. The molecule has 0 aliphatic heterocycles. The molecule has 0 bridgehead atoms. The van der Waals surface area contributed by atoms with Gasteiger partial charge in [0.1, 0.15) is 12.6 Å². The number of hydrogen-bond donors (Lipinski definition) is 4. The molecule has 260 valence electrons. The average Bonchev–Trinajstić information content (AvgIpc) is 3.02. The first kappa shape index (κ1) is 40.3. The number of hydrogen-bond acceptors (Lipinski definition) is 8. The Balaban J connectivity index is 2.72. The average molecular weight is 649 g/mol. The van der Waals surface area contributed by atoms with Gasteiger partial charge in [0.2, 0.25) is 23.6 Å². The van der Waals surface area contributed by atoms with Crippen molar-refractivity contribution in [1.82, 2.24) is 20.4 Å². The lowest BCUT2D eigenvalue weighted by Gasteiger charge is -2.37. The minimum Gasteiger partial charge on any atom is -0.445 e. The largest absolute Gasteiger partial charge is 0.445 e. The number of amides is 5. The molecule has 1 aromatic carbocycles. The van der Waals surface area contributed by atoms with E-state index in [0.717, 1.165) is 12.8 Å². The Labute approximate surface area is 274 Å². The second-order valence-corrected chi connectivity index (χ2v) is 12.4. The van der Waals surface area contributed by atoms with E-state index in [-0.39, 0.29) is 55.5 Å². The summed E-state index contributed by atoms with van der Waals surface area (Å²) in [5, 5.41) is 7.89. The fraction of sp³-hybridized carbons (Fsp3) is 0.667. The summed E-state index contributed by atoms with van der Waals surface area (Å²) in [6, 6.07) is 4.95. The Morgan fingerprint density at radius 2 is 1.41 bits per heavy atom. The highest BCUT2D eigenvalue weighted by atomic mass is 16.6. The summed E-state index contributed by atoms with van der Waals surface area (Å²) in [6.45, 7) is 12.9. The van der Waals surface area contributed by atoms with Crippen LogP contribution >= 0.6 is 0 Å². The lowest BCUT2D eigenvalue weighted by atomic mass is 9.91. The van der Waals surface area contributed by atoms with E-state index in [1.165, 1.54) is 11.9 Å². The Bertz CT molecular complexity index is 1140. The van der Waals surface area contributed by atoms with Gasteiger partial charge in [0.05, 0.1) is 31.3 Å². The summed E-state index contributed by atoms with van der Waals surface area (Å²) < 4.78 is 11.1. The highest BCUT2D eigenvalue weighted by Crippen LogP contribution is 2.21. The van der Waals surface area contributed by atoms with Crippen LogP contribution in [0.25, 0.3) is 0 Å². The molecule has 5 amide bonds. The third-order valence-electron chi connectivity index (χ3n) is 8.22. The van der Waals surface area contributed by atoms with Gasteiger partial charge in [-0.25, -0.2) is 4.79 Å². The number of anilines is 1. The number of rotatable bonds is 18. The van der Waals surface area contributed by atoms with Crippen LogP contribution in [0.4, 0.5) is 10.5 Å². The van der Waals surface area contributed by atoms with Gasteiger partial charge in [-0.15, -0.1) is 0 Å². The van der Waals surface area contributed by atoms with Gasteiger partial charge in [-0.1, -0.05) is 67.0 Å². The zero-order valence-electron chi connectivity index (χ0n) is 29.2. The smallest absolute Gasteiger partial charge is 0.410 e. The lowest BCUT2D eigenvalue weighted by Crippen LogP contribution is -2.54. The van der Waals surface area contributed by atoms with Gasteiger partial charge in [0, 0.05) is 26.9 Å². The normalized spacial score (nSPS) is 14.5. The van der Waals surface area contributed by atoms with Crippen LogP contribution in [0, 0.1) is 17.8 Å². The molecule has 5 atom stereocenters. The maximum atomic E-state index is 13.2. The summed E-state index contributed by atoms with van der Waals surface area (Å²) >= 11 is 0. The van der Waals surface area contributed by atoms with Crippen LogP contribution in [0.3, 0.4) is 0 Å². The van der Waals surface area contributed by atoms with Crippen molar-refractivity contribution in [2.45, 2.75) is 92.1 Å². The standard InChI is InChI=1S/C33H56N6O7/c1-11-22(7)30(25(12-2)45-10)38(8)27(41)18-36-32(43)29(21(5)6)39(9)33(44)46-19-23-13-15-24(16-14-23)37-26(40)17-35-31(42)28(34)20(3)4/h13-16,20-22,25,28-30H,11-12,17-19,34H2,1-10H3,(H,35,42)(H,36,43)(H,37,40). The molecule has 0 saturated heterocycles. The van der Waals surface area contributed by atoms with Crippen molar-refractivity contribution in [1.29, 1.82) is 0 Å². The van der Waals surface area contributed by atoms with E-state index in [4.69, 9.17) is 15.2 Å². The summed E-state index contributed by atoms with van der Waals surface area (Å²) in [7, 11) is 4.84. The molecule has 46 heavy (non-hydrogen) atoms. The van der Waals surface area contributed by atoms with Crippen LogP contribution in [0.2, 0.25) is 0 Å². The van der Waals surface area contributed by atoms with Crippen molar-refractivity contribution in [3.63, 3.8) is 0 Å². The van der Waals surface area contributed by atoms with Gasteiger partial charge in [0.15, 0.2) is 0 Å². The van der Waals surface area contributed by atoms with Gasteiger partial charge in [-0.3, -0.25) is 24.1 Å². The molecule has 0 saturated carbocycles. The molecule has 13 heteroatoms. The topological polar surface area (TPSA) is 172 Å². The molecule has 0 aliphatic rings. The van der Waals surface area contributed by atoms with Crippen molar-refractivity contribution >= 4 is 35.4 Å². The zero-order chi connectivity index (χ0) is 35.1. The number of nitrogens with zero attached hydrogens (tertiary/aromatic N) is 2. The van der Waals surface area contributed by atoms with Crippen LogP contribution in [-0.4, -0.2) is 98.0 Å². The first-order valence-electron chi connectivity index (χ1n) is 16.0. The molecule has 0 radical (unpaired) electrons. The van der Waals surface area contributed by atoms with E-state index < -0.39 is 35.9 Å². The molecular weight excluding hydrogens is 592 g/mol.